The Morgan fingerprint density at radius 2 is 1.96 bits per heavy atom. The van der Waals surface area contributed by atoms with Crippen LogP contribution in [0.3, 0.4) is 0 Å². The standard InChI is InChI=1S/C17H21BrN2O2S/c1-5-7-23-16-14(17(21)22-6-2)10-20(19-16)15-11(3)8-13(18)9-12(15)4/h8-10H,5-7H2,1-4H3. The molecule has 0 radical (unpaired) electrons. The number of hydrogen-bond acceptors (Lipinski definition) is 4. The third-order valence-corrected chi connectivity index (χ3v) is 4.95. The second kappa shape index (κ2) is 8.02. The summed E-state index contributed by atoms with van der Waals surface area (Å²) in [7, 11) is 0. The van der Waals surface area contributed by atoms with Crippen LogP contribution < -0.4 is 0 Å². The molecule has 0 spiro atoms. The smallest absolute Gasteiger partial charge is 0.342 e. The molecule has 2 rings (SSSR count). The van der Waals surface area contributed by atoms with Gasteiger partial charge in [0.2, 0.25) is 0 Å². The van der Waals surface area contributed by atoms with Crippen LogP contribution in [0, 0.1) is 13.8 Å². The summed E-state index contributed by atoms with van der Waals surface area (Å²) in [5.74, 6) is 0.603. The molecule has 0 aliphatic carbocycles. The Morgan fingerprint density at radius 1 is 1.30 bits per heavy atom. The molecule has 6 heteroatoms. The molecule has 0 bridgehead atoms. The Balaban J connectivity index is 2.50. The van der Waals surface area contributed by atoms with Gasteiger partial charge in [0.1, 0.15) is 10.6 Å². The van der Waals surface area contributed by atoms with Gasteiger partial charge in [-0.15, -0.1) is 11.8 Å². The summed E-state index contributed by atoms with van der Waals surface area (Å²) in [4.78, 5) is 12.2. The third kappa shape index (κ3) is 4.18. The van der Waals surface area contributed by atoms with Crippen LogP contribution in [-0.2, 0) is 4.74 Å². The minimum atomic E-state index is -0.315. The largest absolute Gasteiger partial charge is 0.462 e. The number of benzene rings is 1. The fraction of sp³-hybridized carbons (Fsp3) is 0.412. The molecular weight excluding hydrogens is 376 g/mol. The number of aromatic nitrogens is 2. The van der Waals surface area contributed by atoms with E-state index in [0.717, 1.165) is 38.5 Å². The summed E-state index contributed by atoms with van der Waals surface area (Å²) in [5, 5.41) is 5.36. The second-order valence-electron chi connectivity index (χ2n) is 5.25. The van der Waals surface area contributed by atoms with Gasteiger partial charge in [0.15, 0.2) is 0 Å². The molecule has 1 aromatic carbocycles. The first-order chi connectivity index (χ1) is 11.0. The molecule has 0 saturated heterocycles. The maximum Gasteiger partial charge on any atom is 0.342 e. The Labute approximate surface area is 149 Å². The monoisotopic (exact) mass is 396 g/mol. The predicted octanol–water partition coefficient (Wildman–Crippen LogP) is 4.93. The number of halogens is 1. The molecule has 0 aliphatic heterocycles. The molecular formula is C17H21BrN2O2S. The topological polar surface area (TPSA) is 44.1 Å². The van der Waals surface area contributed by atoms with Gasteiger partial charge in [-0.25, -0.2) is 9.48 Å². The molecule has 4 nitrogen and oxygen atoms in total. The van der Waals surface area contributed by atoms with E-state index < -0.39 is 0 Å². The molecule has 124 valence electrons. The quantitative estimate of drug-likeness (QED) is 0.512. The lowest BCUT2D eigenvalue weighted by Gasteiger charge is -2.10. The molecule has 1 heterocycles. The number of thioether (sulfide) groups is 1. The maximum absolute atomic E-state index is 12.2. The number of aryl methyl sites for hydroxylation is 2. The van der Waals surface area contributed by atoms with Gasteiger partial charge in [-0.1, -0.05) is 22.9 Å². The molecule has 0 N–H and O–H groups in total. The van der Waals surface area contributed by atoms with Gasteiger partial charge in [-0.05, 0) is 56.2 Å². The third-order valence-electron chi connectivity index (χ3n) is 3.30. The first kappa shape index (κ1) is 18.1. The van der Waals surface area contributed by atoms with Crippen molar-refractivity contribution in [1.29, 1.82) is 0 Å². The highest BCUT2D eigenvalue weighted by molar-refractivity contribution is 9.10. The van der Waals surface area contributed by atoms with Crippen molar-refractivity contribution in [2.75, 3.05) is 12.4 Å². The highest BCUT2D eigenvalue weighted by atomic mass is 79.9. The van der Waals surface area contributed by atoms with Crippen molar-refractivity contribution in [3.05, 3.63) is 39.5 Å². The number of esters is 1. The van der Waals surface area contributed by atoms with Crippen LogP contribution in [0.1, 0.15) is 41.8 Å². The number of ether oxygens (including phenoxy) is 1. The molecule has 0 saturated carbocycles. The zero-order valence-electron chi connectivity index (χ0n) is 13.9. The highest BCUT2D eigenvalue weighted by Crippen LogP contribution is 2.28. The fourth-order valence-corrected chi connectivity index (χ4v) is 3.91. The van der Waals surface area contributed by atoms with Gasteiger partial charge < -0.3 is 4.74 Å². The van der Waals surface area contributed by atoms with E-state index in [4.69, 9.17) is 4.74 Å². The summed E-state index contributed by atoms with van der Waals surface area (Å²) in [6, 6.07) is 4.10. The maximum atomic E-state index is 12.2. The van der Waals surface area contributed by atoms with Crippen LogP contribution >= 0.6 is 27.7 Å². The molecule has 0 aliphatic rings. The highest BCUT2D eigenvalue weighted by Gasteiger charge is 2.20. The minimum Gasteiger partial charge on any atom is -0.462 e. The molecule has 0 unspecified atom stereocenters. The number of carbonyl (C=O) groups is 1. The Kier molecular flexibility index (Phi) is 6.30. The van der Waals surface area contributed by atoms with Crippen molar-refractivity contribution in [3.63, 3.8) is 0 Å². The van der Waals surface area contributed by atoms with Crippen molar-refractivity contribution in [1.82, 2.24) is 9.78 Å². The molecule has 0 atom stereocenters. The number of carbonyl (C=O) groups excluding carboxylic acids is 1. The lowest BCUT2D eigenvalue weighted by atomic mass is 10.1. The Hall–Kier alpha value is -1.27. The van der Waals surface area contributed by atoms with E-state index in [9.17, 15) is 4.79 Å². The summed E-state index contributed by atoms with van der Waals surface area (Å²) >= 11 is 5.10. The van der Waals surface area contributed by atoms with E-state index >= 15 is 0 Å². The SMILES string of the molecule is CCCSc1nn(-c2c(C)cc(Br)cc2C)cc1C(=O)OCC. The van der Waals surface area contributed by atoms with Crippen molar-refractivity contribution in [2.45, 2.75) is 39.1 Å². The Morgan fingerprint density at radius 3 is 2.52 bits per heavy atom. The van der Waals surface area contributed by atoms with Crippen LogP contribution in [0.2, 0.25) is 0 Å². The van der Waals surface area contributed by atoms with Crippen molar-refractivity contribution in [3.8, 4) is 5.69 Å². The number of hydrogen-bond donors (Lipinski definition) is 0. The van der Waals surface area contributed by atoms with Crippen LogP contribution in [0.4, 0.5) is 0 Å². The fourth-order valence-electron chi connectivity index (χ4n) is 2.39. The van der Waals surface area contributed by atoms with Crippen molar-refractivity contribution >= 4 is 33.7 Å². The zero-order valence-corrected chi connectivity index (χ0v) is 16.3. The lowest BCUT2D eigenvalue weighted by Crippen LogP contribution is -2.05. The number of rotatable bonds is 6. The average molecular weight is 397 g/mol. The summed E-state index contributed by atoms with van der Waals surface area (Å²) < 4.78 is 7.99. The summed E-state index contributed by atoms with van der Waals surface area (Å²) in [5.41, 5.74) is 3.73. The first-order valence-corrected chi connectivity index (χ1v) is 9.42. The van der Waals surface area contributed by atoms with Gasteiger partial charge >= 0.3 is 5.97 Å². The van der Waals surface area contributed by atoms with Gasteiger partial charge in [0, 0.05) is 10.7 Å². The minimum absolute atomic E-state index is 0.315. The van der Waals surface area contributed by atoms with Crippen molar-refractivity contribution < 1.29 is 9.53 Å². The average Bonchev–Trinajstić information content (AvgIpc) is 2.88. The van der Waals surface area contributed by atoms with Crippen LogP contribution in [0.15, 0.2) is 27.8 Å². The normalized spacial score (nSPS) is 10.8. The van der Waals surface area contributed by atoms with Gasteiger partial charge in [0.05, 0.1) is 12.3 Å². The summed E-state index contributed by atoms with van der Waals surface area (Å²) in [6.07, 6.45) is 2.80. The molecule has 23 heavy (non-hydrogen) atoms. The van der Waals surface area contributed by atoms with Crippen LogP contribution in [0.5, 0.6) is 0 Å². The van der Waals surface area contributed by atoms with Crippen molar-refractivity contribution in [2.24, 2.45) is 0 Å². The Bertz CT molecular complexity index is 690. The lowest BCUT2D eigenvalue weighted by molar-refractivity contribution is 0.0522. The molecule has 0 fully saturated rings. The van der Waals surface area contributed by atoms with E-state index in [2.05, 4.69) is 28.0 Å². The predicted molar refractivity (Wildman–Crippen MR) is 97.7 cm³/mol. The van der Waals surface area contributed by atoms with Gasteiger partial charge in [-0.3, -0.25) is 0 Å². The molecule has 2 aromatic rings. The van der Waals surface area contributed by atoms with Gasteiger partial charge in [-0.2, -0.15) is 5.10 Å². The number of nitrogens with zero attached hydrogens (tertiary/aromatic N) is 2. The summed E-state index contributed by atoms with van der Waals surface area (Å²) in [6.45, 7) is 8.36. The van der Waals surface area contributed by atoms with Gasteiger partial charge in [0.25, 0.3) is 0 Å². The van der Waals surface area contributed by atoms with Crippen LogP contribution in [0.25, 0.3) is 5.69 Å². The molecule has 0 amide bonds. The van der Waals surface area contributed by atoms with E-state index in [1.165, 1.54) is 0 Å². The van der Waals surface area contributed by atoms with Crippen LogP contribution in [-0.4, -0.2) is 28.1 Å². The first-order valence-electron chi connectivity index (χ1n) is 7.64. The zero-order chi connectivity index (χ0) is 17.0. The van der Waals surface area contributed by atoms with E-state index in [1.54, 1.807) is 22.6 Å². The molecule has 1 aromatic heterocycles. The second-order valence-corrected chi connectivity index (χ2v) is 7.25. The van der Waals surface area contributed by atoms with E-state index in [1.807, 2.05) is 32.9 Å². The van der Waals surface area contributed by atoms with E-state index in [0.29, 0.717) is 12.2 Å². The van der Waals surface area contributed by atoms with E-state index in [-0.39, 0.29) is 5.97 Å².